The molecule has 0 radical (unpaired) electrons. The van der Waals surface area contributed by atoms with Gasteiger partial charge in [-0.05, 0) is 42.0 Å². The maximum atomic E-state index is 13.8. The predicted molar refractivity (Wildman–Crippen MR) is 137 cm³/mol. The monoisotopic (exact) mass is 518 g/mol. The van der Waals surface area contributed by atoms with E-state index in [1.807, 2.05) is 0 Å². The number of carbonyl (C=O) groups excluding carboxylic acids is 3. The zero-order valence-electron chi connectivity index (χ0n) is 21.5. The summed E-state index contributed by atoms with van der Waals surface area (Å²) in [5.41, 5.74) is 1.53. The van der Waals surface area contributed by atoms with Crippen LogP contribution >= 0.6 is 0 Å². The van der Waals surface area contributed by atoms with E-state index in [9.17, 15) is 14.4 Å². The number of hydrogen-bond acceptors (Lipinski definition) is 8. The number of nitrogens with zero attached hydrogens (tertiary/aromatic N) is 2. The van der Waals surface area contributed by atoms with Crippen molar-refractivity contribution < 1.29 is 38.1 Å². The maximum Gasteiger partial charge on any atom is 0.262 e. The number of rotatable bonds is 8. The molecule has 3 aromatic carbocycles. The average Bonchev–Trinajstić information content (AvgIpc) is 3.20. The van der Waals surface area contributed by atoms with Crippen LogP contribution in [0.15, 0.2) is 54.6 Å². The van der Waals surface area contributed by atoms with Gasteiger partial charge in [0.15, 0.2) is 11.5 Å². The van der Waals surface area contributed by atoms with Gasteiger partial charge in [-0.1, -0.05) is 12.1 Å². The topological polar surface area (TPSA) is 104 Å². The number of carbonyl (C=O) groups is 3. The molecule has 0 N–H and O–H groups in total. The van der Waals surface area contributed by atoms with Crippen LogP contribution in [0.5, 0.6) is 28.7 Å². The molecule has 1 saturated heterocycles. The summed E-state index contributed by atoms with van der Waals surface area (Å²) < 4.78 is 27.4. The molecule has 3 aromatic rings. The van der Waals surface area contributed by atoms with E-state index in [1.54, 1.807) is 54.6 Å². The molecule has 3 amide bonds. The number of amides is 3. The number of ether oxygens (including phenoxy) is 5. The Kier molecular flexibility index (Phi) is 6.31. The third-order valence-corrected chi connectivity index (χ3v) is 6.85. The summed E-state index contributed by atoms with van der Waals surface area (Å²) in [5.74, 6) is 0.533. The highest BCUT2D eigenvalue weighted by molar-refractivity contribution is 6.24. The highest BCUT2D eigenvalue weighted by Gasteiger charge is 2.58. The van der Waals surface area contributed by atoms with Gasteiger partial charge in [-0.2, -0.15) is 0 Å². The van der Waals surface area contributed by atoms with Crippen molar-refractivity contribution in [2.75, 3.05) is 40.4 Å². The van der Waals surface area contributed by atoms with E-state index < -0.39 is 29.8 Å². The first-order valence-corrected chi connectivity index (χ1v) is 11.7. The van der Waals surface area contributed by atoms with Crippen LogP contribution in [-0.4, -0.2) is 64.2 Å². The molecule has 10 heteroatoms. The molecule has 5 rings (SSSR count). The molecule has 0 spiro atoms. The van der Waals surface area contributed by atoms with Crippen molar-refractivity contribution in [2.24, 2.45) is 0 Å². The fraction of sp³-hybridized carbons (Fsp3) is 0.250. The summed E-state index contributed by atoms with van der Waals surface area (Å²) >= 11 is 0. The summed E-state index contributed by atoms with van der Waals surface area (Å²) in [5, 5.41) is 0. The first-order chi connectivity index (χ1) is 18.4. The quantitative estimate of drug-likeness (QED) is 0.330. The molecule has 2 unspecified atom stereocenters. The van der Waals surface area contributed by atoms with Crippen molar-refractivity contribution in [3.63, 3.8) is 0 Å². The Balaban J connectivity index is 1.67. The van der Waals surface area contributed by atoms with Gasteiger partial charge in [0.1, 0.15) is 17.5 Å². The van der Waals surface area contributed by atoms with Crippen molar-refractivity contribution in [3.05, 3.63) is 71.3 Å². The molecular formula is C28H26N2O8. The van der Waals surface area contributed by atoms with Crippen molar-refractivity contribution >= 4 is 23.4 Å². The Morgan fingerprint density at radius 3 is 1.68 bits per heavy atom. The first-order valence-electron chi connectivity index (χ1n) is 11.7. The zero-order chi connectivity index (χ0) is 27.1. The highest BCUT2D eigenvalue weighted by atomic mass is 16.5. The van der Waals surface area contributed by atoms with Gasteiger partial charge in [0.2, 0.25) is 5.75 Å². The lowest BCUT2D eigenvalue weighted by atomic mass is 9.85. The number of β-lactam (4-membered cyclic amide) rings is 1. The average molecular weight is 519 g/mol. The number of benzene rings is 3. The number of imide groups is 1. The highest BCUT2D eigenvalue weighted by Crippen LogP contribution is 2.50. The maximum absolute atomic E-state index is 13.8. The Hall–Kier alpha value is -4.73. The van der Waals surface area contributed by atoms with E-state index in [0.717, 1.165) is 4.90 Å². The van der Waals surface area contributed by atoms with E-state index in [1.165, 1.54) is 40.4 Å². The van der Waals surface area contributed by atoms with E-state index in [4.69, 9.17) is 23.7 Å². The second-order valence-corrected chi connectivity index (χ2v) is 8.62. The Morgan fingerprint density at radius 1 is 0.605 bits per heavy atom. The lowest BCUT2D eigenvalue weighted by Crippen LogP contribution is -2.67. The van der Waals surface area contributed by atoms with Crippen LogP contribution in [0, 0.1) is 0 Å². The first kappa shape index (κ1) is 24.9. The molecule has 196 valence electrons. The van der Waals surface area contributed by atoms with Gasteiger partial charge < -0.3 is 23.7 Å². The van der Waals surface area contributed by atoms with Gasteiger partial charge in [-0.3, -0.25) is 24.2 Å². The smallest absolute Gasteiger partial charge is 0.262 e. The minimum Gasteiger partial charge on any atom is -0.497 e. The second-order valence-electron chi connectivity index (χ2n) is 8.62. The van der Waals surface area contributed by atoms with Crippen LogP contribution in [0.1, 0.15) is 32.3 Å². The number of hydrogen-bond donors (Lipinski definition) is 0. The van der Waals surface area contributed by atoms with Crippen LogP contribution in [0.25, 0.3) is 0 Å². The van der Waals surface area contributed by atoms with Crippen LogP contribution in [0.2, 0.25) is 0 Å². The molecule has 10 nitrogen and oxygen atoms in total. The molecule has 0 bridgehead atoms. The van der Waals surface area contributed by atoms with Gasteiger partial charge >= 0.3 is 0 Å². The molecule has 0 aliphatic carbocycles. The van der Waals surface area contributed by atoms with E-state index in [-0.39, 0.29) is 11.1 Å². The third-order valence-electron chi connectivity index (χ3n) is 6.85. The molecule has 2 aliphatic heterocycles. The largest absolute Gasteiger partial charge is 0.497 e. The standard InChI is InChI=1S/C28H26N2O8/c1-34-16-10-11-19(20(14-16)35-2)29-23(15-12-21(36-3)25(38-5)22(13-15)37-4)24(28(29)33)30-26(31)17-8-6-7-9-18(17)27(30)32/h6-14,23-24H,1-5H3. The third kappa shape index (κ3) is 3.60. The second kappa shape index (κ2) is 9.62. The van der Waals surface area contributed by atoms with Gasteiger partial charge in [0.05, 0.1) is 58.4 Å². The normalized spacial score (nSPS) is 18.2. The minimum atomic E-state index is -1.11. The van der Waals surface area contributed by atoms with Crippen LogP contribution in [-0.2, 0) is 4.79 Å². The molecular weight excluding hydrogens is 492 g/mol. The van der Waals surface area contributed by atoms with Crippen LogP contribution in [0.4, 0.5) is 5.69 Å². The SMILES string of the molecule is COc1ccc(N2C(=O)C(N3C(=O)c4ccccc4C3=O)C2c2cc(OC)c(OC)c(OC)c2)c(OC)c1. The van der Waals surface area contributed by atoms with Gasteiger partial charge in [0, 0.05) is 6.07 Å². The van der Waals surface area contributed by atoms with Crippen LogP contribution in [0.3, 0.4) is 0 Å². The summed E-state index contributed by atoms with van der Waals surface area (Å²) in [7, 11) is 7.47. The fourth-order valence-electron chi connectivity index (χ4n) is 5.04. The zero-order valence-corrected chi connectivity index (χ0v) is 21.5. The Labute approximate surface area is 219 Å². The number of fused-ring (bicyclic) bond motifs is 1. The lowest BCUT2D eigenvalue weighted by molar-refractivity contribution is -0.130. The predicted octanol–water partition coefficient (Wildman–Crippen LogP) is 3.48. The Bertz CT molecular complexity index is 1390. The molecule has 0 aromatic heterocycles. The lowest BCUT2D eigenvalue weighted by Gasteiger charge is -2.50. The fourth-order valence-corrected chi connectivity index (χ4v) is 5.04. The van der Waals surface area contributed by atoms with Gasteiger partial charge in [0.25, 0.3) is 17.7 Å². The van der Waals surface area contributed by atoms with Crippen molar-refractivity contribution in [2.45, 2.75) is 12.1 Å². The summed E-state index contributed by atoms with van der Waals surface area (Å²) in [4.78, 5) is 43.1. The van der Waals surface area contributed by atoms with Gasteiger partial charge in [-0.15, -0.1) is 0 Å². The van der Waals surface area contributed by atoms with Gasteiger partial charge in [-0.25, -0.2) is 0 Å². The summed E-state index contributed by atoms with van der Waals surface area (Å²) in [6.45, 7) is 0. The van der Waals surface area contributed by atoms with Crippen molar-refractivity contribution in [3.8, 4) is 28.7 Å². The van der Waals surface area contributed by atoms with Crippen molar-refractivity contribution in [1.29, 1.82) is 0 Å². The molecule has 2 heterocycles. The van der Waals surface area contributed by atoms with E-state index in [2.05, 4.69) is 0 Å². The Morgan fingerprint density at radius 2 is 1.18 bits per heavy atom. The summed E-state index contributed by atoms with van der Waals surface area (Å²) in [6, 6.07) is 13.1. The summed E-state index contributed by atoms with van der Waals surface area (Å²) in [6.07, 6.45) is 0. The molecule has 2 atom stereocenters. The van der Waals surface area contributed by atoms with Crippen molar-refractivity contribution in [1.82, 2.24) is 4.90 Å². The molecule has 38 heavy (non-hydrogen) atoms. The molecule has 0 saturated carbocycles. The molecule has 2 aliphatic rings. The van der Waals surface area contributed by atoms with E-state index in [0.29, 0.717) is 40.0 Å². The number of methoxy groups -OCH3 is 5. The van der Waals surface area contributed by atoms with E-state index >= 15 is 0 Å². The number of anilines is 1. The van der Waals surface area contributed by atoms with Crippen LogP contribution < -0.4 is 28.6 Å². The minimum absolute atomic E-state index is 0.259. The molecule has 1 fully saturated rings.